The molecule has 1 aromatic heterocycles. The van der Waals surface area contributed by atoms with Crippen LogP contribution in [0.2, 0.25) is 0 Å². The van der Waals surface area contributed by atoms with Crippen LogP contribution in [0.1, 0.15) is 17.8 Å². The molecule has 0 aliphatic heterocycles. The van der Waals surface area contributed by atoms with E-state index >= 15 is 0 Å². The molecule has 0 atom stereocenters. The highest BCUT2D eigenvalue weighted by Crippen LogP contribution is 2.32. The SMILES string of the molecule is Oc1ccc(-c2nnc(CNC3CC3)s2)cc1O. The maximum atomic E-state index is 9.45. The minimum Gasteiger partial charge on any atom is -0.504 e. The highest BCUT2D eigenvalue weighted by molar-refractivity contribution is 7.14. The fourth-order valence-electron chi connectivity index (χ4n) is 1.62. The lowest BCUT2D eigenvalue weighted by Gasteiger charge is -1.99. The van der Waals surface area contributed by atoms with Crippen LogP contribution in [0.4, 0.5) is 0 Å². The van der Waals surface area contributed by atoms with Crippen LogP contribution < -0.4 is 5.32 Å². The zero-order valence-electron chi connectivity index (χ0n) is 9.63. The quantitative estimate of drug-likeness (QED) is 0.734. The molecule has 1 aliphatic carbocycles. The van der Waals surface area contributed by atoms with Gasteiger partial charge in [-0.3, -0.25) is 0 Å². The van der Waals surface area contributed by atoms with Gasteiger partial charge in [0.1, 0.15) is 10.0 Å². The highest BCUT2D eigenvalue weighted by Gasteiger charge is 2.20. The second kappa shape index (κ2) is 4.55. The summed E-state index contributed by atoms with van der Waals surface area (Å²) in [6.45, 7) is 0.742. The molecule has 1 fully saturated rings. The summed E-state index contributed by atoms with van der Waals surface area (Å²) in [7, 11) is 0. The highest BCUT2D eigenvalue weighted by atomic mass is 32.1. The fourth-order valence-corrected chi connectivity index (χ4v) is 2.40. The molecule has 3 N–H and O–H groups in total. The molecular formula is C12H13N3O2S. The first kappa shape index (κ1) is 11.4. The molecule has 6 heteroatoms. The number of aromatic nitrogens is 2. The van der Waals surface area contributed by atoms with Crippen molar-refractivity contribution in [2.45, 2.75) is 25.4 Å². The van der Waals surface area contributed by atoms with Gasteiger partial charge in [0.2, 0.25) is 0 Å². The molecule has 0 bridgehead atoms. The Morgan fingerprint density at radius 3 is 2.78 bits per heavy atom. The minimum atomic E-state index is -0.139. The second-order valence-electron chi connectivity index (χ2n) is 4.36. The second-order valence-corrected chi connectivity index (χ2v) is 5.42. The van der Waals surface area contributed by atoms with E-state index in [1.807, 2.05) is 0 Å². The van der Waals surface area contributed by atoms with Crippen LogP contribution in [-0.2, 0) is 6.54 Å². The molecule has 0 saturated heterocycles. The Labute approximate surface area is 108 Å². The van der Waals surface area contributed by atoms with E-state index in [9.17, 15) is 10.2 Å². The first-order chi connectivity index (χ1) is 8.72. The van der Waals surface area contributed by atoms with Crippen LogP contribution in [0.15, 0.2) is 18.2 Å². The number of rotatable bonds is 4. The lowest BCUT2D eigenvalue weighted by atomic mass is 10.2. The van der Waals surface area contributed by atoms with Crippen molar-refractivity contribution in [3.8, 4) is 22.1 Å². The summed E-state index contributed by atoms with van der Waals surface area (Å²) in [5, 5.41) is 32.0. The largest absolute Gasteiger partial charge is 0.504 e. The molecule has 1 aliphatic rings. The molecule has 1 heterocycles. The van der Waals surface area contributed by atoms with E-state index in [0.29, 0.717) is 6.04 Å². The Morgan fingerprint density at radius 2 is 2.06 bits per heavy atom. The van der Waals surface area contributed by atoms with Gasteiger partial charge < -0.3 is 15.5 Å². The van der Waals surface area contributed by atoms with Gasteiger partial charge in [-0.05, 0) is 31.0 Å². The average molecular weight is 263 g/mol. The van der Waals surface area contributed by atoms with Crippen molar-refractivity contribution in [1.82, 2.24) is 15.5 Å². The molecule has 94 valence electrons. The molecule has 0 unspecified atom stereocenters. The zero-order valence-corrected chi connectivity index (χ0v) is 10.4. The number of phenolic OH excluding ortho intramolecular Hbond substituents is 2. The lowest BCUT2D eigenvalue weighted by Crippen LogP contribution is -2.14. The normalized spacial score (nSPS) is 14.9. The van der Waals surface area contributed by atoms with E-state index < -0.39 is 0 Å². The fraction of sp³-hybridized carbons (Fsp3) is 0.333. The Morgan fingerprint density at radius 1 is 1.22 bits per heavy atom. The van der Waals surface area contributed by atoms with Crippen LogP contribution in [-0.4, -0.2) is 26.5 Å². The molecule has 0 amide bonds. The molecule has 0 spiro atoms. The van der Waals surface area contributed by atoms with Crippen LogP contribution in [0, 0.1) is 0 Å². The third-order valence-corrected chi connectivity index (χ3v) is 3.78. The Kier molecular flexibility index (Phi) is 2.89. The van der Waals surface area contributed by atoms with Gasteiger partial charge in [-0.25, -0.2) is 0 Å². The molecular weight excluding hydrogens is 250 g/mol. The number of hydrogen-bond acceptors (Lipinski definition) is 6. The standard InChI is InChI=1S/C12H13N3O2S/c16-9-4-1-7(5-10(9)17)12-15-14-11(18-12)6-13-8-2-3-8/h1,4-5,8,13,16-17H,2-3,6H2. The van der Waals surface area contributed by atoms with Gasteiger partial charge >= 0.3 is 0 Å². The number of benzene rings is 1. The van der Waals surface area contributed by atoms with Crippen molar-refractivity contribution in [2.24, 2.45) is 0 Å². The summed E-state index contributed by atoms with van der Waals surface area (Å²) in [6.07, 6.45) is 2.50. The number of phenols is 2. The zero-order chi connectivity index (χ0) is 12.5. The summed E-state index contributed by atoms with van der Waals surface area (Å²) >= 11 is 1.49. The maximum absolute atomic E-state index is 9.45. The summed E-state index contributed by atoms with van der Waals surface area (Å²) in [5.74, 6) is -0.265. The van der Waals surface area contributed by atoms with Crippen molar-refractivity contribution in [3.63, 3.8) is 0 Å². The molecule has 1 aromatic carbocycles. The van der Waals surface area contributed by atoms with Gasteiger partial charge in [-0.1, -0.05) is 11.3 Å². The van der Waals surface area contributed by atoms with E-state index in [4.69, 9.17) is 0 Å². The van der Waals surface area contributed by atoms with Crippen molar-refractivity contribution >= 4 is 11.3 Å². The number of nitrogens with one attached hydrogen (secondary N) is 1. The van der Waals surface area contributed by atoms with Crippen LogP contribution in [0.5, 0.6) is 11.5 Å². The first-order valence-electron chi connectivity index (χ1n) is 5.80. The molecule has 3 rings (SSSR count). The maximum Gasteiger partial charge on any atom is 0.158 e. The Balaban J connectivity index is 1.76. The topological polar surface area (TPSA) is 78.3 Å². The number of hydrogen-bond donors (Lipinski definition) is 3. The molecule has 18 heavy (non-hydrogen) atoms. The van der Waals surface area contributed by atoms with Crippen molar-refractivity contribution in [1.29, 1.82) is 0 Å². The van der Waals surface area contributed by atoms with Gasteiger partial charge in [-0.15, -0.1) is 10.2 Å². The van der Waals surface area contributed by atoms with Crippen LogP contribution in [0.3, 0.4) is 0 Å². The molecule has 1 saturated carbocycles. The predicted octanol–water partition coefficient (Wildman–Crippen LogP) is 1.87. The Hall–Kier alpha value is -1.66. The monoisotopic (exact) mass is 263 g/mol. The molecule has 5 nitrogen and oxygen atoms in total. The first-order valence-corrected chi connectivity index (χ1v) is 6.62. The number of aromatic hydroxyl groups is 2. The van der Waals surface area contributed by atoms with Gasteiger partial charge in [0.05, 0.1) is 0 Å². The van der Waals surface area contributed by atoms with Crippen molar-refractivity contribution in [2.75, 3.05) is 0 Å². The van der Waals surface area contributed by atoms with Gasteiger partial charge in [0, 0.05) is 18.2 Å². The number of nitrogens with zero attached hydrogens (tertiary/aromatic N) is 2. The van der Waals surface area contributed by atoms with E-state index in [2.05, 4.69) is 15.5 Å². The summed E-state index contributed by atoms with van der Waals surface area (Å²) < 4.78 is 0. The third-order valence-electron chi connectivity index (χ3n) is 2.81. The van der Waals surface area contributed by atoms with E-state index in [-0.39, 0.29) is 11.5 Å². The summed E-state index contributed by atoms with van der Waals surface area (Å²) in [6, 6.07) is 5.31. The average Bonchev–Trinajstić information content (AvgIpc) is 3.08. The van der Waals surface area contributed by atoms with Crippen LogP contribution in [0.25, 0.3) is 10.6 Å². The van der Waals surface area contributed by atoms with Gasteiger partial charge in [-0.2, -0.15) is 0 Å². The van der Waals surface area contributed by atoms with Crippen LogP contribution >= 0.6 is 11.3 Å². The van der Waals surface area contributed by atoms with Gasteiger partial charge in [0.15, 0.2) is 11.5 Å². The summed E-state index contributed by atoms with van der Waals surface area (Å²) in [5.41, 5.74) is 0.764. The minimum absolute atomic E-state index is 0.126. The third kappa shape index (κ3) is 2.44. The Bertz CT molecular complexity index is 566. The smallest absolute Gasteiger partial charge is 0.158 e. The van der Waals surface area contributed by atoms with Crippen molar-refractivity contribution < 1.29 is 10.2 Å². The molecule has 2 aromatic rings. The predicted molar refractivity (Wildman–Crippen MR) is 68.5 cm³/mol. The summed E-state index contributed by atoms with van der Waals surface area (Å²) in [4.78, 5) is 0. The van der Waals surface area contributed by atoms with E-state index in [0.717, 1.165) is 22.1 Å². The molecule has 0 radical (unpaired) electrons. The van der Waals surface area contributed by atoms with Crippen molar-refractivity contribution in [3.05, 3.63) is 23.2 Å². The lowest BCUT2D eigenvalue weighted by molar-refractivity contribution is 0.404. The van der Waals surface area contributed by atoms with E-state index in [1.54, 1.807) is 6.07 Å². The van der Waals surface area contributed by atoms with Gasteiger partial charge in [0.25, 0.3) is 0 Å². The van der Waals surface area contributed by atoms with E-state index in [1.165, 1.54) is 36.3 Å².